The number of rotatable bonds is 7. The van der Waals surface area contributed by atoms with Gasteiger partial charge < -0.3 is 5.32 Å². The average Bonchev–Trinajstić information content (AvgIpc) is 3.07. The van der Waals surface area contributed by atoms with Crippen molar-refractivity contribution in [3.05, 3.63) is 77.9 Å². The van der Waals surface area contributed by atoms with Crippen LogP contribution in [0.4, 0.5) is 0 Å². The van der Waals surface area contributed by atoms with Crippen LogP contribution in [0.15, 0.2) is 61.1 Å². The van der Waals surface area contributed by atoms with Crippen LogP contribution in [0.1, 0.15) is 35.0 Å². The van der Waals surface area contributed by atoms with Gasteiger partial charge in [0.2, 0.25) is 0 Å². The van der Waals surface area contributed by atoms with Crippen molar-refractivity contribution in [3.63, 3.8) is 0 Å². The van der Waals surface area contributed by atoms with Gasteiger partial charge in [0.25, 0.3) is 5.91 Å². The minimum atomic E-state index is -0.0745. The van der Waals surface area contributed by atoms with Crippen LogP contribution in [0, 0.1) is 0 Å². The Hall–Kier alpha value is -2.95. The smallest absolute Gasteiger partial charge is 0.254 e. The average molecular weight is 334 g/mol. The van der Waals surface area contributed by atoms with Gasteiger partial charge in [-0.05, 0) is 36.6 Å². The predicted molar refractivity (Wildman–Crippen MR) is 97.8 cm³/mol. The molecule has 0 saturated heterocycles. The summed E-state index contributed by atoms with van der Waals surface area (Å²) in [6.07, 6.45) is 7.75. The summed E-state index contributed by atoms with van der Waals surface area (Å²) in [6, 6.07) is 13.8. The van der Waals surface area contributed by atoms with E-state index in [2.05, 4.69) is 22.3 Å². The number of carbonyl (C=O) groups excluding carboxylic acids is 1. The molecule has 2 aromatic heterocycles. The maximum Gasteiger partial charge on any atom is 0.254 e. The molecule has 0 atom stereocenters. The van der Waals surface area contributed by atoms with Crippen LogP contribution in [0.5, 0.6) is 0 Å². The van der Waals surface area contributed by atoms with Crippen LogP contribution >= 0.6 is 0 Å². The van der Waals surface area contributed by atoms with Crippen LogP contribution < -0.4 is 5.32 Å². The number of hydrogen-bond acceptors (Lipinski definition) is 3. The summed E-state index contributed by atoms with van der Waals surface area (Å²) in [7, 11) is 0. The SMILES string of the molecule is CCCc1c(C(=O)NCCc2cccnc2)cnn1-c1ccccc1. The summed E-state index contributed by atoms with van der Waals surface area (Å²) >= 11 is 0. The largest absolute Gasteiger partial charge is 0.352 e. The van der Waals surface area contributed by atoms with E-state index in [1.165, 1.54) is 0 Å². The molecule has 0 saturated carbocycles. The van der Waals surface area contributed by atoms with E-state index in [4.69, 9.17) is 0 Å². The maximum absolute atomic E-state index is 12.6. The fourth-order valence-corrected chi connectivity index (χ4v) is 2.79. The molecule has 2 heterocycles. The molecule has 5 heteroatoms. The highest BCUT2D eigenvalue weighted by Gasteiger charge is 2.17. The van der Waals surface area contributed by atoms with Crippen molar-refractivity contribution in [3.8, 4) is 5.69 Å². The van der Waals surface area contributed by atoms with E-state index >= 15 is 0 Å². The van der Waals surface area contributed by atoms with Crippen molar-refractivity contribution in [2.24, 2.45) is 0 Å². The number of hydrogen-bond donors (Lipinski definition) is 1. The van der Waals surface area contributed by atoms with E-state index in [1.807, 2.05) is 53.3 Å². The Bertz CT molecular complexity index is 812. The van der Waals surface area contributed by atoms with Crippen molar-refractivity contribution < 1.29 is 4.79 Å². The standard InChI is InChI=1S/C20H22N4O/c1-2-7-19-18(15-23-24(19)17-9-4-3-5-10-17)20(25)22-13-11-16-8-6-12-21-14-16/h3-6,8-10,12,14-15H,2,7,11,13H2,1H3,(H,22,25). The van der Waals surface area contributed by atoms with E-state index in [-0.39, 0.29) is 5.91 Å². The number of aromatic nitrogens is 3. The Morgan fingerprint density at radius 3 is 2.64 bits per heavy atom. The first kappa shape index (κ1) is 16.9. The highest BCUT2D eigenvalue weighted by atomic mass is 16.1. The number of pyridine rings is 1. The van der Waals surface area contributed by atoms with Gasteiger partial charge in [-0.3, -0.25) is 9.78 Å². The highest BCUT2D eigenvalue weighted by Crippen LogP contribution is 2.16. The lowest BCUT2D eigenvalue weighted by atomic mass is 10.1. The zero-order valence-corrected chi connectivity index (χ0v) is 14.4. The first-order valence-electron chi connectivity index (χ1n) is 8.59. The molecular weight excluding hydrogens is 312 g/mol. The minimum Gasteiger partial charge on any atom is -0.352 e. The first-order valence-corrected chi connectivity index (χ1v) is 8.59. The number of amides is 1. The van der Waals surface area contributed by atoms with Gasteiger partial charge in [-0.25, -0.2) is 4.68 Å². The quantitative estimate of drug-likeness (QED) is 0.722. The molecule has 0 aliphatic heterocycles. The Balaban J connectivity index is 1.72. The van der Waals surface area contributed by atoms with Crippen LogP contribution in [0.25, 0.3) is 5.69 Å². The lowest BCUT2D eigenvalue weighted by Crippen LogP contribution is -2.26. The predicted octanol–water partition coefficient (Wildman–Crippen LogP) is 3.19. The molecule has 1 N–H and O–H groups in total. The zero-order chi connectivity index (χ0) is 17.5. The van der Waals surface area contributed by atoms with Gasteiger partial charge in [0.05, 0.1) is 23.1 Å². The molecule has 0 spiro atoms. The van der Waals surface area contributed by atoms with Crippen molar-refractivity contribution in [2.75, 3.05) is 6.54 Å². The van der Waals surface area contributed by atoms with Crippen LogP contribution in [0.2, 0.25) is 0 Å². The Labute approximate surface area is 147 Å². The molecule has 5 nitrogen and oxygen atoms in total. The summed E-state index contributed by atoms with van der Waals surface area (Å²) in [4.78, 5) is 16.7. The summed E-state index contributed by atoms with van der Waals surface area (Å²) < 4.78 is 1.86. The summed E-state index contributed by atoms with van der Waals surface area (Å²) in [5.74, 6) is -0.0745. The monoisotopic (exact) mass is 334 g/mol. The fourth-order valence-electron chi connectivity index (χ4n) is 2.79. The van der Waals surface area contributed by atoms with Crippen molar-refractivity contribution >= 4 is 5.91 Å². The van der Waals surface area contributed by atoms with Crippen molar-refractivity contribution in [1.82, 2.24) is 20.1 Å². The summed E-state index contributed by atoms with van der Waals surface area (Å²) in [6.45, 7) is 2.68. The van der Waals surface area contributed by atoms with E-state index < -0.39 is 0 Å². The third-order valence-electron chi connectivity index (χ3n) is 4.02. The molecule has 25 heavy (non-hydrogen) atoms. The van der Waals surface area contributed by atoms with Crippen molar-refractivity contribution in [2.45, 2.75) is 26.2 Å². The lowest BCUT2D eigenvalue weighted by molar-refractivity contribution is 0.0953. The normalized spacial score (nSPS) is 10.6. The van der Waals surface area contributed by atoms with Crippen LogP contribution in [0.3, 0.4) is 0 Å². The topological polar surface area (TPSA) is 59.8 Å². The third-order valence-corrected chi connectivity index (χ3v) is 4.02. The Morgan fingerprint density at radius 2 is 1.92 bits per heavy atom. The highest BCUT2D eigenvalue weighted by molar-refractivity contribution is 5.95. The van der Waals surface area contributed by atoms with E-state index in [0.717, 1.165) is 36.2 Å². The molecular formula is C20H22N4O. The molecule has 0 radical (unpaired) electrons. The summed E-state index contributed by atoms with van der Waals surface area (Å²) in [5, 5.41) is 7.43. The summed E-state index contributed by atoms with van der Waals surface area (Å²) in [5.41, 5.74) is 3.68. The molecule has 0 aliphatic rings. The molecule has 3 aromatic rings. The van der Waals surface area contributed by atoms with Crippen molar-refractivity contribution in [1.29, 1.82) is 0 Å². The van der Waals surface area contributed by atoms with E-state index in [9.17, 15) is 4.79 Å². The van der Waals surface area contributed by atoms with Gasteiger partial charge in [-0.2, -0.15) is 5.10 Å². The zero-order valence-electron chi connectivity index (χ0n) is 14.4. The number of nitrogens with zero attached hydrogens (tertiary/aromatic N) is 3. The second kappa shape index (κ2) is 8.24. The van der Waals surface area contributed by atoms with Gasteiger partial charge >= 0.3 is 0 Å². The second-order valence-electron chi connectivity index (χ2n) is 5.87. The molecule has 1 amide bonds. The minimum absolute atomic E-state index is 0.0745. The molecule has 1 aromatic carbocycles. The molecule has 0 aliphatic carbocycles. The lowest BCUT2D eigenvalue weighted by Gasteiger charge is -2.09. The van der Waals surface area contributed by atoms with Gasteiger partial charge in [0.15, 0.2) is 0 Å². The molecule has 0 unspecified atom stereocenters. The third kappa shape index (κ3) is 4.12. The molecule has 0 bridgehead atoms. The van der Waals surface area contributed by atoms with Gasteiger partial charge in [-0.1, -0.05) is 37.6 Å². The maximum atomic E-state index is 12.6. The number of carbonyl (C=O) groups is 1. The van der Waals surface area contributed by atoms with Crippen LogP contribution in [-0.2, 0) is 12.8 Å². The molecule has 128 valence electrons. The Kier molecular flexibility index (Phi) is 5.57. The molecule has 3 rings (SSSR count). The molecule has 0 fully saturated rings. The van der Waals surface area contributed by atoms with Gasteiger partial charge in [0, 0.05) is 18.9 Å². The number of nitrogens with one attached hydrogen (secondary N) is 1. The van der Waals surface area contributed by atoms with Gasteiger partial charge in [0.1, 0.15) is 0 Å². The van der Waals surface area contributed by atoms with E-state index in [0.29, 0.717) is 12.1 Å². The Morgan fingerprint density at radius 1 is 1.08 bits per heavy atom. The van der Waals surface area contributed by atoms with E-state index in [1.54, 1.807) is 12.4 Å². The number of para-hydroxylation sites is 1. The second-order valence-corrected chi connectivity index (χ2v) is 5.87. The number of benzene rings is 1. The van der Waals surface area contributed by atoms with Gasteiger partial charge in [-0.15, -0.1) is 0 Å². The first-order chi connectivity index (χ1) is 12.3. The fraction of sp³-hybridized carbons (Fsp3) is 0.250. The van der Waals surface area contributed by atoms with Crippen LogP contribution in [-0.4, -0.2) is 27.2 Å².